The summed E-state index contributed by atoms with van der Waals surface area (Å²) in [6.45, 7) is 1.28. The molecule has 6 nitrogen and oxygen atoms in total. The molecule has 0 radical (unpaired) electrons. The van der Waals surface area contributed by atoms with Crippen molar-refractivity contribution in [2.75, 3.05) is 20.3 Å². The number of methoxy groups -OCH3 is 1. The quantitative estimate of drug-likeness (QED) is 0.389. The Balaban J connectivity index is 1.42. The molecule has 0 bridgehead atoms. The molecular formula is C29H34N2O4. The molecule has 0 unspecified atom stereocenters. The topological polar surface area (TPSA) is 73.6 Å². The minimum atomic E-state index is -0.897. The second kappa shape index (κ2) is 10.6. The van der Waals surface area contributed by atoms with Crippen LogP contribution in [0.25, 0.3) is 22.4 Å². The molecule has 2 aromatic carbocycles. The highest BCUT2D eigenvalue weighted by Gasteiger charge is 2.34. The van der Waals surface area contributed by atoms with E-state index in [-0.39, 0.29) is 6.61 Å². The first kappa shape index (κ1) is 23.6. The average Bonchev–Trinajstić information content (AvgIpc) is 3.66. The van der Waals surface area contributed by atoms with E-state index < -0.39 is 5.97 Å². The summed E-state index contributed by atoms with van der Waals surface area (Å²) in [6, 6.07) is 18.8. The van der Waals surface area contributed by atoms with Gasteiger partial charge in [0.1, 0.15) is 18.1 Å². The fourth-order valence-corrected chi connectivity index (χ4v) is 5.39. The van der Waals surface area contributed by atoms with Crippen molar-refractivity contribution in [1.29, 1.82) is 0 Å². The molecule has 0 saturated heterocycles. The van der Waals surface area contributed by atoms with Gasteiger partial charge < -0.3 is 14.6 Å². The summed E-state index contributed by atoms with van der Waals surface area (Å²) in [5.74, 6) is 1.55. The lowest BCUT2D eigenvalue weighted by Crippen LogP contribution is -2.23. The zero-order valence-electron chi connectivity index (χ0n) is 20.4. The number of carboxylic acid groups (broad SMARTS) is 1. The second-order valence-electron chi connectivity index (χ2n) is 9.96. The SMILES string of the molecule is COc1cccc(-c2c(-c3ccccc3)nn(C[C@H]3CC[C@H](COCC(=O)O)CC3)c2C2CC2)c1. The fraction of sp³-hybridized carbons (Fsp3) is 0.448. The van der Waals surface area contributed by atoms with Crippen molar-refractivity contribution >= 4 is 5.97 Å². The lowest BCUT2D eigenvalue weighted by Gasteiger charge is -2.28. The number of benzene rings is 2. The molecule has 0 atom stereocenters. The monoisotopic (exact) mass is 474 g/mol. The van der Waals surface area contributed by atoms with Crippen molar-refractivity contribution < 1.29 is 19.4 Å². The van der Waals surface area contributed by atoms with E-state index in [1.807, 2.05) is 12.1 Å². The minimum absolute atomic E-state index is 0.201. The molecule has 1 heterocycles. The van der Waals surface area contributed by atoms with E-state index >= 15 is 0 Å². The molecular weight excluding hydrogens is 440 g/mol. The van der Waals surface area contributed by atoms with Crippen molar-refractivity contribution in [3.05, 3.63) is 60.3 Å². The molecule has 0 spiro atoms. The third-order valence-corrected chi connectivity index (χ3v) is 7.34. The number of nitrogens with zero attached hydrogens (tertiary/aromatic N) is 2. The van der Waals surface area contributed by atoms with Gasteiger partial charge in [-0.15, -0.1) is 0 Å². The van der Waals surface area contributed by atoms with E-state index in [4.69, 9.17) is 19.7 Å². The summed E-state index contributed by atoms with van der Waals surface area (Å²) in [7, 11) is 1.71. The second-order valence-corrected chi connectivity index (χ2v) is 9.96. The average molecular weight is 475 g/mol. The first-order valence-electron chi connectivity index (χ1n) is 12.7. The van der Waals surface area contributed by atoms with Crippen LogP contribution in [0.1, 0.15) is 50.1 Å². The van der Waals surface area contributed by atoms with E-state index in [0.29, 0.717) is 24.4 Å². The van der Waals surface area contributed by atoms with Crippen LogP contribution < -0.4 is 4.74 Å². The van der Waals surface area contributed by atoms with Gasteiger partial charge in [-0.2, -0.15) is 5.10 Å². The van der Waals surface area contributed by atoms with Gasteiger partial charge in [0.05, 0.1) is 13.7 Å². The van der Waals surface area contributed by atoms with E-state index in [1.54, 1.807) is 7.11 Å². The van der Waals surface area contributed by atoms with Crippen LogP contribution in [-0.4, -0.2) is 41.2 Å². The van der Waals surface area contributed by atoms with Gasteiger partial charge in [0.15, 0.2) is 0 Å². The molecule has 2 saturated carbocycles. The first-order chi connectivity index (χ1) is 17.1. The standard InChI is InChI=1S/C29H34N2O4/c1-34-25-9-5-8-24(16-25)27-28(22-6-3-2-4-7-22)30-31(29(27)23-14-15-23)17-20-10-12-21(13-11-20)18-35-19-26(32)33/h2-9,16,20-21,23H,10-15,17-19H2,1H3,(H,32,33)/t20-,21-. The van der Waals surface area contributed by atoms with E-state index in [0.717, 1.165) is 54.8 Å². The van der Waals surface area contributed by atoms with Gasteiger partial charge in [-0.1, -0.05) is 42.5 Å². The van der Waals surface area contributed by atoms with E-state index in [9.17, 15) is 4.79 Å². The summed E-state index contributed by atoms with van der Waals surface area (Å²) >= 11 is 0. The number of carboxylic acids is 1. The first-order valence-corrected chi connectivity index (χ1v) is 12.7. The molecule has 0 aliphatic heterocycles. The zero-order valence-corrected chi connectivity index (χ0v) is 20.4. The lowest BCUT2D eigenvalue weighted by atomic mass is 9.82. The van der Waals surface area contributed by atoms with Crippen LogP contribution in [0.4, 0.5) is 0 Å². The predicted octanol–water partition coefficient (Wildman–Crippen LogP) is 6.01. The number of aliphatic carboxylic acids is 1. The lowest BCUT2D eigenvalue weighted by molar-refractivity contribution is -0.142. The third kappa shape index (κ3) is 5.59. The molecule has 2 fully saturated rings. The summed E-state index contributed by atoms with van der Waals surface area (Å²) < 4.78 is 13.2. The van der Waals surface area contributed by atoms with Crippen molar-refractivity contribution in [1.82, 2.24) is 9.78 Å². The molecule has 1 aromatic heterocycles. The maximum absolute atomic E-state index is 10.7. The van der Waals surface area contributed by atoms with Gasteiger partial charge >= 0.3 is 5.97 Å². The highest BCUT2D eigenvalue weighted by atomic mass is 16.5. The Morgan fingerprint density at radius 2 is 1.69 bits per heavy atom. The zero-order chi connectivity index (χ0) is 24.2. The highest BCUT2D eigenvalue weighted by molar-refractivity contribution is 5.84. The number of carbonyl (C=O) groups is 1. The molecule has 2 aliphatic rings. The fourth-order valence-electron chi connectivity index (χ4n) is 5.39. The van der Waals surface area contributed by atoms with Crippen molar-refractivity contribution in [2.24, 2.45) is 11.8 Å². The number of ether oxygens (including phenoxy) is 2. The van der Waals surface area contributed by atoms with Gasteiger partial charge in [0, 0.05) is 29.3 Å². The molecule has 3 aromatic rings. The van der Waals surface area contributed by atoms with Crippen LogP contribution in [0.3, 0.4) is 0 Å². The van der Waals surface area contributed by atoms with Crippen molar-refractivity contribution in [2.45, 2.75) is 51.0 Å². The molecule has 1 N–H and O–H groups in total. The van der Waals surface area contributed by atoms with Crippen LogP contribution in [0, 0.1) is 11.8 Å². The summed E-state index contributed by atoms with van der Waals surface area (Å²) in [5.41, 5.74) is 5.97. The third-order valence-electron chi connectivity index (χ3n) is 7.34. The molecule has 35 heavy (non-hydrogen) atoms. The molecule has 2 aliphatic carbocycles. The van der Waals surface area contributed by atoms with Crippen LogP contribution >= 0.6 is 0 Å². The van der Waals surface area contributed by atoms with Crippen molar-refractivity contribution in [3.8, 4) is 28.1 Å². The molecule has 6 heteroatoms. The molecule has 184 valence electrons. The van der Waals surface area contributed by atoms with Gasteiger partial charge in [-0.05, 0) is 68.1 Å². The van der Waals surface area contributed by atoms with Crippen LogP contribution in [0.15, 0.2) is 54.6 Å². The van der Waals surface area contributed by atoms with Gasteiger partial charge in [0.2, 0.25) is 0 Å². The van der Waals surface area contributed by atoms with Gasteiger partial charge in [-0.3, -0.25) is 4.68 Å². The van der Waals surface area contributed by atoms with E-state index in [2.05, 4.69) is 47.1 Å². The Kier molecular flexibility index (Phi) is 7.19. The summed E-state index contributed by atoms with van der Waals surface area (Å²) in [5, 5.41) is 14.0. The molecule has 0 amide bonds. The Hall–Kier alpha value is -3.12. The maximum atomic E-state index is 10.7. The molecule has 5 rings (SSSR count). The predicted molar refractivity (Wildman–Crippen MR) is 136 cm³/mol. The van der Waals surface area contributed by atoms with Crippen LogP contribution in [-0.2, 0) is 16.1 Å². The Labute approximate surface area is 206 Å². The van der Waals surface area contributed by atoms with Gasteiger partial charge in [0.25, 0.3) is 0 Å². The van der Waals surface area contributed by atoms with Crippen LogP contribution in [0.2, 0.25) is 0 Å². The largest absolute Gasteiger partial charge is 0.497 e. The number of aromatic nitrogens is 2. The number of rotatable bonds is 10. The van der Waals surface area contributed by atoms with E-state index in [1.165, 1.54) is 24.1 Å². The number of hydrogen-bond donors (Lipinski definition) is 1. The highest BCUT2D eigenvalue weighted by Crippen LogP contribution is 2.48. The van der Waals surface area contributed by atoms with Gasteiger partial charge in [-0.25, -0.2) is 4.79 Å². The summed E-state index contributed by atoms with van der Waals surface area (Å²) in [6.07, 6.45) is 6.84. The van der Waals surface area contributed by atoms with Crippen molar-refractivity contribution in [3.63, 3.8) is 0 Å². The number of hydrogen-bond acceptors (Lipinski definition) is 4. The minimum Gasteiger partial charge on any atom is -0.497 e. The Bertz CT molecular complexity index is 1140. The summed E-state index contributed by atoms with van der Waals surface area (Å²) in [4.78, 5) is 10.7. The normalized spacial score (nSPS) is 20.0. The maximum Gasteiger partial charge on any atom is 0.329 e. The smallest absolute Gasteiger partial charge is 0.329 e. The Morgan fingerprint density at radius 3 is 2.37 bits per heavy atom. The Morgan fingerprint density at radius 1 is 0.971 bits per heavy atom. The van der Waals surface area contributed by atoms with Crippen LogP contribution in [0.5, 0.6) is 5.75 Å².